The first-order valence-corrected chi connectivity index (χ1v) is 9.90. The molecule has 1 aromatic carbocycles. The maximum atomic E-state index is 14.6. The number of Topliss-reactive ketones (excluding diaryl/α,β-unsaturated/α-hetero) is 1. The number of carbonyl (C=O) groups is 2. The van der Waals surface area contributed by atoms with Gasteiger partial charge >= 0.3 is 0 Å². The molecule has 7 heteroatoms. The average Bonchev–Trinajstić information content (AvgIpc) is 3.30. The van der Waals surface area contributed by atoms with E-state index in [1.807, 2.05) is 17.5 Å². The minimum absolute atomic E-state index is 0.0195. The molecule has 4 nitrogen and oxygen atoms in total. The topological polar surface area (TPSA) is 57.6 Å². The molecule has 1 fully saturated rings. The third kappa shape index (κ3) is 2.99. The smallest absolute Gasteiger partial charge is 0.290 e. The maximum Gasteiger partial charge on any atom is 0.290 e. The van der Waals surface area contributed by atoms with Gasteiger partial charge in [-0.25, -0.2) is 4.39 Å². The summed E-state index contributed by atoms with van der Waals surface area (Å²) in [5.74, 6) is -2.14. The number of benzene rings is 1. The van der Waals surface area contributed by atoms with Crippen LogP contribution in [-0.4, -0.2) is 21.7 Å². The first-order valence-electron chi connectivity index (χ1n) is 8.23. The van der Waals surface area contributed by atoms with Crippen LogP contribution in [0.4, 0.5) is 4.39 Å². The van der Waals surface area contributed by atoms with Gasteiger partial charge in [0, 0.05) is 20.8 Å². The molecule has 2 heterocycles. The van der Waals surface area contributed by atoms with Crippen molar-refractivity contribution in [2.45, 2.75) is 25.4 Å². The number of hydrogen-bond donors (Lipinski definition) is 1. The fraction of sp³-hybridized carbons (Fsp3) is 0.263. The number of carbonyl (C=O) groups excluding carboxylic acids is 2. The second-order valence-corrected chi connectivity index (χ2v) is 8.43. The van der Waals surface area contributed by atoms with Crippen molar-refractivity contribution in [1.82, 2.24) is 4.90 Å². The second kappa shape index (κ2) is 6.63. The quantitative estimate of drug-likeness (QED) is 0.750. The molecule has 4 rings (SSSR count). The Kier molecular flexibility index (Phi) is 4.44. The summed E-state index contributed by atoms with van der Waals surface area (Å²) in [7, 11) is 0. The molecule has 2 aliphatic rings. The number of halogens is 2. The number of nitrogens with zero attached hydrogens (tertiary/aromatic N) is 1. The zero-order valence-electron chi connectivity index (χ0n) is 13.6. The fourth-order valence-electron chi connectivity index (χ4n) is 3.25. The Bertz CT molecular complexity index is 921. The summed E-state index contributed by atoms with van der Waals surface area (Å²) in [6.07, 6.45) is 1.48. The van der Waals surface area contributed by atoms with Crippen LogP contribution < -0.4 is 0 Å². The largest absolute Gasteiger partial charge is 0.503 e. The zero-order valence-corrected chi connectivity index (χ0v) is 16.0. The van der Waals surface area contributed by atoms with E-state index in [1.165, 1.54) is 22.3 Å². The average molecular weight is 436 g/mol. The molecule has 1 amide bonds. The minimum Gasteiger partial charge on any atom is -0.503 e. The van der Waals surface area contributed by atoms with E-state index in [0.29, 0.717) is 4.47 Å². The third-order valence-electron chi connectivity index (χ3n) is 4.68. The minimum atomic E-state index is -0.921. The van der Waals surface area contributed by atoms with Crippen LogP contribution in [0, 0.1) is 11.7 Å². The third-order valence-corrected chi connectivity index (χ3v) is 6.03. The fourth-order valence-corrected chi connectivity index (χ4v) is 4.33. The molecular weight excluding hydrogens is 421 g/mol. The van der Waals surface area contributed by atoms with Crippen LogP contribution in [-0.2, 0) is 16.1 Å². The first-order chi connectivity index (χ1) is 12.5. The second-order valence-electron chi connectivity index (χ2n) is 6.48. The van der Waals surface area contributed by atoms with Crippen molar-refractivity contribution >= 4 is 39.0 Å². The number of ketones is 1. The molecule has 1 atom stereocenters. The normalized spacial score (nSPS) is 20.2. The van der Waals surface area contributed by atoms with Crippen LogP contribution >= 0.6 is 27.3 Å². The van der Waals surface area contributed by atoms with E-state index in [-0.39, 0.29) is 29.4 Å². The number of rotatable bonds is 5. The van der Waals surface area contributed by atoms with Gasteiger partial charge in [0.05, 0.1) is 18.2 Å². The summed E-state index contributed by atoms with van der Waals surface area (Å²) in [4.78, 5) is 27.7. The number of hydrogen-bond acceptors (Lipinski definition) is 4. The van der Waals surface area contributed by atoms with Crippen LogP contribution in [0.1, 0.15) is 29.3 Å². The molecule has 1 saturated carbocycles. The van der Waals surface area contributed by atoms with E-state index in [9.17, 15) is 19.1 Å². The summed E-state index contributed by atoms with van der Waals surface area (Å²) in [6.45, 7) is 0.207. The molecule has 2 aromatic rings. The summed E-state index contributed by atoms with van der Waals surface area (Å²) < 4.78 is 15.3. The van der Waals surface area contributed by atoms with Crippen LogP contribution in [0.25, 0.3) is 0 Å². The molecule has 0 radical (unpaired) electrons. The van der Waals surface area contributed by atoms with Gasteiger partial charge in [0.15, 0.2) is 11.5 Å². The lowest BCUT2D eigenvalue weighted by atomic mass is 9.94. The van der Waals surface area contributed by atoms with Crippen molar-refractivity contribution in [1.29, 1.82) is 0 Å². The lowest BCUT2D eigenvalue weighted by Gasteiger charge is -2.27. The van der Waals surface area contributed by atoms with Gasteiger partial charge in [-0.1, -0.05) is 22.0 Å². The Morgan fingerprint density at radius 2 is 2.12 bits per heavy atom. The van der Waals surface area contributed by atoms with Crippen LogP contribution in [0.3, 0.4) is 0 Å². The van der Waals surface area contributed by atoms with Gasteiger partial charge in [-0.15, -0.1) is 11.3 Å². The number of amides is 1. The van der Waals surface area contributed by atoms with E-state index in [1.54, 1.807) is 12.1 Å². The molecule has 26 heavy (non-hydrogen) atoms. The van der Waals surface area contributed by atoms with E-state index >= 15 is 0 Å². The van der Waals surface area contributed by atoms with Gasteiger partial charge in [0.2, 0.25) is 0 Å². The van der Waals surface area contributed by atoms with Gasteiger partial charge in [0.1, 0.15) is 5.82 Å². The van der Waals surface area contributed by atoms with E-state index in [0.717, 1.165) is 17.7 Å². The molecule has 1 unspecified atom stereocenters. The Morgan fingerprint density at radius 1 is 1.35 bits per heavy atom. The lowest BCUT2D eigenvalue weighted by molar-refractivity contribution is -0.130. The van der Waals surface area contributed by atoms with Crippen molar-refractivity contribution < 1.29 is 19.1 Å². The van der Waals surface area contributed by atoms with Crippen molar-refractivity contribution in [2.75, 3.05) is 0 Å². The Hall–Kier alpha value is -1.99. The molecular formula is C19H15BrFNO3S. The highest BCUT2D eigenvalue weighted by molar-refractivity contribution is 9.10. The van der Waals surface area contributed by atoms with Crippen molar-refractivity contribution in [3.8, 4) is 0 Å². The molecule has 134 valence electrons. The lowest BCUT2D eigenvalue weighted by Crippen LogP contribution is -2.31. The molecule has 1 N–H and O–H groups in total. The summed E-state index contributed by atoms with van der Waals surface area (Å²) in [5, 5.41) is 12.3. The summed E-state index contributed by atoms with van der Waals surface area (Å²) in [5.41, 5.74) is 0.225. The van der Waals surface area contributed by atoms with Crippen LogP contribution in [0.5, 0.6) is 0 Å². The Balaban J connectivity index is 1.82. The van der Waals surface area contributed by atoms with Crippen molar-refractivity contribution in [3.05, 3.63) is 67.8 Å². The van der Waals surface area contributed by atoms with Crippen LogP contribution in [0.2, 0.25) is 0 Å². The summed E-state index contributed by atoms with van der Waals surface area (Å²) >= 11 is 4.78. The predicted octanol–water partition coefficient (Wildman–Crippen LogP) is 4.52. The standard InChI is InChI=1S/C19H15BrFNO3S/c20-11-5-6-14(21)13(8-11)16-15(17(23)10-3-4-10)18(24)19(25)22(16)9-12-2-1-7-26-12/h1-2,5-8,10,16,24H,3-4,9H2. The van der Waals surface area contributed by atoms with E-state index in [2.05, 4.69) is 15.9 Å². The van der Waals surface area contributed by atoms with Gasteiger partial charge in [0.25, 0.3) is 5.91 Å². The van der Waals surface area contributed by atoms with E-state index < -0.39 is 23.5 Å². The highest BCUT2D eigenvalue weighted by Crippen LogP contribution is 2.45. The molecule has 1 aromatic heterocycles. The Morgan fingerprint density at radius 3 is 2.77 bits per heavy atom. The molecule has 0 saturated heterocycles. The monoisotopic (exact) mass is 435 g/mol. The van der Waals surface area contributed by atoms with Crippen molar-refractivity contribution in [3.63, 3.8) is 0 Å². The number of thiophene rings is 1. The van der Waals surface area contributed by atoms with E-state index in [4.69, 9.17) is 0 Å². The molecule has 0 bridgehead atoms. The highest BCUT2D eigenvalue weighted by atomic mass is 79.9. The predicted molar refractivity (Wildman–Crippen MR) is 99.1 cm³/mol. The summed E-state index contributed by atoms with van der Waals surface area (Å²) in [6, 6.07) is 7.22. The Labute approximate surface area is 162 Å². The van der Waals surface area contributed by atoms with Gasteiger partial charge < -0.3 is 10.0 Å². The van der Waals surface area contributed by atoms with Crippen LogP contribution in [0.15, 0.2) is 51.5 Å². The first kappa shape index (κ1) is 17.4. The molecule has 1 aliphatic heterocycles. The van der Waals surface area contributed by atoms with Gasteiger partial charge in [-0.2, -0.15) is 0 Å². The number of aliphatic hydroxyl groups is 1. The van der Waals surface area contributed by atoms with Gasteiger partial charge in [-0.3, -0.25) is 9.59 Å². The van der Waals surface area contributed by atoms with Gasteiger partial charge in [-0.05, 0) is 42.5 Å². The van der Waals surface area contributed by atoms with Crippen molar-refractivity contribution in [2.24, 2.45) is 5.92 Å². The molecule has 0 spiro atoms. The highest BCUT2D eigenvalue weighted by Gasteiger charge is 2.47. The SMILES string of the molecule is O=C(C1=C(O)C(=O)N(Cc2cccs2)C1c1cc(Br)ccc1F)C1CC1. The zero-order chi connectivity index (χ0) is 18.4. The maximum absolute atomic E-state index is 14.6. The number of aliphatic hydroxyl groups excluding tert-OH is 1. The molecule has 1 aliphatic carbocycles.